The molecule has 2 aromatic carbocycles. The monoisotopic (exact) mass is 503 g/mol. The number of amides is 2. The van der Waals surface area contributed by atoms with Gasteiger partial charge in [-0.2, -0.15) is 0 Å². The number of nitrogens with one attached hydrogen (secondary N) is 2. The molecule has 0 fully saturated rings. The molecule has 3 rings (SSSR count). The molecule has 2 unspecified atom stereocenters. The van der Waals surface area contributed by atoms with Gasteiger partial charge in [-0.25, -0.2) is 4.99 Å². The van der Waals surface area contributed by atoms with Crippen LogP contribution in [0.25, 0.3) is 0 Å². The molecule has 1 aliphatic rings. The Morgan fingerprint density at radius 2 is 1.73 bits per heavy atom. The number of carbonyl (C=O) groups excluding carboxylic acids is 3. The van der Waals surface area contributed by atoms with Crippen LogP contribution in [0.4, 0.5) is 5.69 Å². The van der Waals surface area contributed by atoms with Gasteiger partial charge in [0.25, 0.3) is 5.91 Å². The predicted molar refractivity (Wildman–Crippen MR) is 146 cm³/mol. The molecule has 0 aliphatic carbocycles. The Morgan fingerprint density at radius 3 is 2.35 bits per heavy atom. The highest BCUT2D eigenvalue weighted by Gasteiger charge is 2.38. The molecule has 0 aromatic heterocycles. The van der Waals surface area contributed by atoms with Crippen LogP contribution in [0.15, 0.2) is 72.2 Å². The van der Waals surface area contributed by atoms with Crippen LogP contribution in [0.2, 0.25) is 0 Å². The lowest BCUT2D eigenvalue weighted by Crippen LogP contribution is -2.48. The molecule has 7 nitrogen and oxygen atoms in total. The average molecular weight is 504 g/mol. The lowest BCUT2D eigenvalue weighted by molar-refractivity contribution is -0.164. The number of allylic oxidation sites excluding steroid dienone is 1. The topological polar surface area (TPSA) is 96.9 Å². The molecule has 2 amide bonds. The Hall–Kier alpha value is -3.74. The minimum Gasteiger partial charge on any atom is -0.460 e. The van der Waals surface area contributed by atoms with Gasteiger partial charge in [-0.05, 0) is 45.6 Å². The summed E-state index contributed by atoms with van der Waals surface area (Å²) in [7, 11) is 0. The number of ether oxygens (including phenoxy) is 1. The number of esters is 1. The molecular formula is C30H37N3O4. The van der Waals surface area contributed by atoms with Crippen LogP contribution < -0.4 is 10.6 Å². The summed E-state index contributed by atoms with van der Waals surface area (Å²) in [4.78, 5) is 44.7. The Bertz CT molecular complexity index is 1160. The third kappa shape index (κ3) is 7.38. The summed E-state index contributed by atoms with van der Waals surface area (Å²) in [6.07, 6.45) is 1.16. The lowest BCUT2D eigenvalue weighted by Gasteiger charge is -2.29. The third-order valence-corrected chi connectivity index (χ3v) is 5.95. The fraction of sp³-hybridized carbons (Fsp3) is 0.400. The van der Waals surface area contributed by atoms with E-state index in [0.29, 0.717) is 17.8 Å². The van der Waals surface area contributed by atoms with Gasteiger partial charge in [0.15, 0.2) is 0 Å². The fourth-order valence-corrected chi connectivity index (χ4v) is 4.37. The second kappa shape index (κ2) is 12.0. The fourth-order valence-electron chi connectivity index (χ4n) is 4.37. The van der Waals surface area contributed by atoms with E-state index in [2.05, 4.69) is 17.2 Å². The van der Waals surface area contributed by atoms with Crippen molar-refractivity contribution in [3.8, 4) is 0 Å². The molecule has 0 spiro atoms. The van der Waals surface area contributed by atoms with Crippen molar-refractivity contribution in [1.82, 2.24) is 5.32 Å². The molecule has 196 valence electrons. The van der Waals surface area contributed by atoms with Crippen molar-refractivity contribution in [2.75, 3.05) is 5.32 Å². The number of nitrogens with zero attached hydrogens (tertiary/aromatic N) is 1. The Kier molecular flexibility index (Phi) is 9.03. The van der Waals surface area contributed by atoms with Crippen molar-refractivity contribution >= 4 is 29.2 Å². The Labute approximate surface area is 219 Å². The van der Waals surface area contributed by atoms with Gasteiger partial charge in [-0.1, -0.05) is 68.5 Å². The van der Waals surface area contributed by atoms with E-state index in [9.17, 15) is 14.4 Å². The molecule has 2 aromatic rings. The SMILES string of the molecule is C=CC[C@H](C(=O)OC(C)(C)C)C(CC(C)C)C(=O)NC1N=C(c2ccccc2)c2ccccc2NC1=O. The van der Waals surface area contributed by atoms with Crippen molar-refractivity contribution < 1.29 is 19.1 Å². The first-order valence-electron chi connectivity index (χ1n) is 12.7. The zero-order chi connectivity index (χ0) is 27.2. The molecule has 0 radical (unpaired) electrons. The van der Waals surface area contributed by atoms with Crippen LogP contribution in [0.3, 0.4) is 0 Å². The van der Waals surface area contributed by atoms with E-state index in [-0.39, 0.29) is 12.3 Å². The number of benzodiazepines with no additional fused rings is 1. The standard InChI is InChI=1S/C30H37N3O4/c1-7-13-21(29(36)37-30(4,5)6)23(18-19(2)3)27(34)33-26-28(35)31-24-17-12-11-16-22(24)25(32-26)20-14-9-8-10-15-20/h7-12,14-17,19,21,23,26H,1,13,18H2,2-6H3,(H,31,35)(H,33,34)/t21-,23?,26?/m0/s1. The molecule has 0 bridgehead atoms. The third-order valence-electron chi connectivity index (χ3n) is 5.95. The molecule has 3 atom stereocenters. The second-order valence-corrected chi connectivity index (χ2v) is 10.7. The van der Waals surface area contributed by atoms with Crippen LogP contribution >= 0.6 is 0 Å². The number of fused-ring (bicyclic) bond motifs is 1. The van der Waals surface area contributed by atoms with Crippen LogP contribution in [0.1, 0.15) is 58.6 Å². The molecule has 37 heavy (non-hydrogen) atoms. The molecule has 7 heteroatoms. The first-order valence-corrected chi connectivity index (χ1v) is 12.7. The first-order chi connectivity index (χ1) is 17.5. The molecular weight excluding hydrogens is 466 g/mol. The maximum Gasteiger partial charge on any atom is 0.310 e. The van der Waals surface area contributed by atoms with E-state index in [1.54, 1.807) is 32.9 Å². The highest BCUT2D eigenvalue weighted by atomic mass is 16.6. The molecule has 1 aliphatic heterocycles. The number of rotatable bonds is 9. The summed E-state index contributed by atoms with van der Waals surface area (Å²) in [5, 5.41) is 5.71. The van der Waals surface area contributed by atoms with Gasteiger partial charge in [-0.3, -0.25) is 14.4 Å². The maximum absolute atomic E-state index is 13.7. The normalized spacial score (nSPS) is 17.0. The van der Waals surface area contributed by atoms with Gasteiger partial charge in [0, 0.05) is 11.1 Å². The van der Waals surface area contributed by atoms with E-state index < -0.39 is 41.4 Å². The van der Waals surface area contributed by atoms with E-state index in [1.807, 2.05) is 62.4 Å². The zero-order valence-corrected chi connectivity index (χ0v) is 22.3. The summed E-state index contributed by atoms with van der Waals surface area (Å²) in [5.41, 5.74) is 2.09. The van der Waals surface area contributed by atoms with E-state index >= 15 is 0 Å². The largest absolute Gasteiger partial charge is 0.460 e. The molecule has 2 N–H and O–H groups in total. The summed E-state index contributed by atoms with van der Waals surface area (Å²) >= 11 is 0. The summed E-state index contributed by atoms with van der Waals surface area (Å²) in [6.45, 7) is 13.1. The van der Waals surface area contributed by atoms with Crippen LogP contribution in [0.5, 0.6) is 0 Å². The zero-order valence-electron chi connectivity index (χ0n) is 22.3. The van der Waals surface area contributed by atoms with Gasteiger partial charge in [0.1, 0.15) is 5.60 Å². The second-order valence-electron chi connectivity index (χ2n) is 10.7. The smallest absolute Gasteiger partial charge is 0.310 e. The number of aliphatic imine (C=N–C) groups is 1. The summed E-state index contributed by atoms with van der Waals surface area (Å²) in [5.74, 6) is -2.66. The Balaban J connectivity index is 1.97. The number of hydrogen-bond acceptors (Lipinski definition) is 5. The van der Waals surface area contributed by atoms with E-state index in [4.69, 9.17) is 9.73 Å². The summed E-state index contributed by atoms with van der Waals surface area (Å²) in [6, 6.07) is 16.9. The van der Waals surface area contributed by atoms with Crippen LogP contribution in [0, 0.1) is 17.8 Å². The van der Waals surface area contributed by atoms with Gasteiger partial charge in [0.2, 0.25) is 12.1 Å². The number of carbonyl (C=O) groups is 3. The molecule has 0 saturated carbocycles. The summed E-state index contributed by atoms with van der Waals surface area (Å²) < 4.78 is 5.64. The van der Waals surface area contributed by atoms with Crippen LogP contribution in [-0.2, 0) is 19.1 Å². The Morgan fingerprint density at radius 1 is 1.08 bits per heavy atom. The highest BCUT2D eigenvalue weighted by molar-refractivity contribution is 6.19. The minimum absolute atomic E-state index is 0.126. The van der Waals surface area contributed by atoms with Crippen LogP contribution in [-0.4, -0.2) is 35.3 Å². The quantitative estimate of drug-likeness (QED) is 0.367. The van der Waals surface area contributed by atoms with Crippen molar-refractivity contribution in [1.29, 1.82) is 0 Å². The van der Waals surface area contributed by atoms with Gasteiger partial charge < -0.3 is 15.4 Å². The first kappa shape index (κ1) is 27.8. The van der Waals surface area contributed by atoms with Crippen molar-refractivity contribution in [2.45, 2.75) is 59.2 Å². The van der Waals surface area contributed by atoms with E-state index in [1.165, 1.54) is 0 Å². The maximum atomic E-state index is 13.7. The predicted octanol–water partition coefficient (Wildman–Crippen LogP) is 5.11. The van der Waals surface area contributed by atoms with Gasteiger partial charge >= 0.3 is 5.97 Å². The molecule has 0 saturated heterocycles. The number of anilines is 1. The van der Waals surface area contributed by atoms with Gasteiger partial charge in [0.05, 0.1) is 23.2 Å². The van der Waals surface area contributed by atoms with Crippen molar-refractivity contribution in [3.05, 3.63) is 78.4 Å². The van der Waals surface area contributed by atoms with E-state index in [0.717, 1.165) is 11.1 Å². The molecule has 1 heterocycles. The number of para-hydroxylation sites is 1. The number of benzene rings is 2. The minimum atomic E-state index is -1.17. The highest BCUT2D eigenvalue weighted by Crippen LogP contribution is 2.29. The van der Waals surface area contributed by atoms with Crippen molar-refractivity contribution in [3.63, 3.8) is 0 Å². The lowest BCUT2D eigenvalue weighted by atomic mass is 9.82. The van der Waals surface area contributed by atoms with Gasteiger partial charge in [-0.15, -0.1) is 6.58 Å². The average Bonchev–Trinajstić information content (AvgIpc) is 2.96. The van der Waals surface area contributed by atoms with Crippen molar-refractivity contribution in [2.24, 2.45) is 22.7 Å². The number of hydrogen-bond donors (Lipinski definition) is 2.